The van der Waals surface area contributed by atoms with Crippen molar-refractivity contribution in [2.75, 3.05) is 45.9 Å². The molecule has 1 heterocycles. The van der Waals surface area contributed by atoms with Gasteiger partial charge in [0.15, 0.2) is 0 Å². The highest BCUT2D eigenvalue weighted by Crippen LogP contribution is 2.36. The topological polar surface area (TPSA) is 65.8 Å². The Morgan fingerprint density at radius 2 is 1.86 bits per heavy atom. The van der Waals surface area contributed by atoms with Gasteiger partial charge in [0, 0.05) is 26.2 Å². The lowest BCUT2D eigenvalue weighted by Gasteiger charge is -2.40. The standard InChI is InChI=1S/C29H38FN3O3/c1-4-35-28(34)27-21-32(19-20-36-26-13-11-25(30)12-14-26)17-18-33(27)16-8-15-29(22-31,23(2)3)24-9-6-5-7-10-24/h5-7,9-14,23,27H,4,8,15-21H2,1-3H3. The number of hydrogen-bond acceptors (Lipinski definition) is 6. The van der Waals surface area contributed by atoms with Crippen LogP contribution in [0.5, 0.6) is 5.75 Å². The second-order valence-electron chi connectivity index (χ2n) is 9.61. The average Bonchev–Trinajstić information content (AvgIpc) is 2.89. The van der Waals surface area contributed by atoms with E-state index in [9.17, 15) is 14.4 Å². The lowest BCUT2D eigenvalue weighted by atomic mass is 9.70. The molecule has 1 aliphatic rings. The van der Waals surface area contributed by atoms with Gasteiger partial charge in [-0.3, -0.25) is 14.6 Å². The quantitative estimate of drug-likeness (QED) is 0.400. The van der Waals surface area contributed by atoms with Gasteiger partial charge in [-0.2, -0.15) is 5.26 Å². The first kappa shape index (κ1) is 27.6. The zero-order chi connectivity index (χ0) is 26.0. The summed E-state index contributed by atoms with van der Waals surface area (Å²) in [6.07, 6.45) is 1.54. The third kappa shape index (κ3) is 7.05. The molecule has 2 unspecified atom stereocenters. The summed E-state index contributed by atoms with van der Waals surface area (Å²) in [5, 5.41) is 10.2. The average molecular weight is 496 g/mol. The van der Waals surface area contributed by atoms with Crippen LogP contribution < -0.4 is 4.74 Å². The summed E-state index contributed by atoms with van der Waals surface area (Å²) in [5.74, 6) is 0.297. The molecule has 0 radical (unpaired) electrons. The Kier molecular flexibility index (Phi) is 10.3. The minimum atomic E-state index is -0.555. The van der Waals surface area contributed by atoms with Crippen LogP contribution in [0.3, 0.4) is 0 Å². The Bertz CT molecular complexity index is 993. The van der Waals surface area contributed by atoms with E-state index in [1.54, 1.807) is 12.1 Å². The smallest absolute Gasteiger partial charge is 0.324 e. The summed E-state index contributed by atoms with van der Waals surface area (Å²) in [5.41, 5.74) is 0.496. The molecule has 2 aromatic rings. The van der Waals surface area contributed by atoms with Crippen molar-refractivity contribution >= 4 is 5.97 Å². The molecule has 0 amide bonds. The van der Waals surface area contributed by atoms with Crippen molar-refractivity contribution in [1.82, 2.24) is 9.80 Å². The Balaban J connectivity index is 1.58. The number of nitrogens with zero attached hydrogens (tertiary/aromatic N) is 3. The first-order valence-corrected chi connectivity index (χ1v) is 12.9. The van der Waals surface area contributed by atoms with E-state index in [1.807, 2.05) is 37.3 Å². The first-order valence-electron chi connectivity index (χ1n) is 12.9. The molecule has 0 aliphatic carbocycles. The third-order valence-corrected chi connectivity index (χ3v) is 7.11. The molecule has 7 heteroatoms. The first-order chi connectivity index (χ1) is 17.4. The maximum absolute atomic E-state index is 13.1. The van der Waals surface area contributed by atoms with Crippen molar-refractivity contribution in [3.8, 4) is 11.8 Å². The van der Waals surface area contributed by atoms with Crippen molar-refractivity contribution < 1.29 is 18.7 Å². The molecule has 1 saturated heterocycles. The van der Waals surface area contributed by atoms with Gasteiger partial charge in [0.1, 0.15) is 24.2 Å². The van der Waals surface area contributed by atoms with Crippen LogP contribution in [0.2, 0.25) is 0 Å². The molecule has 1 fully saturated rings. The van der Waals surface area contributed by atoms with Crippen LogP contribution >= 0.6 is 0 Å². The van der Waals surface area contributed by atoms with Crippen LogP contribution in [0.25, 0.3) is 0 Å². The summed E-state index contributed by atoms with van der Waals surface area (Å²) < 4.78 is 24.2. The van der Waals surface area contributed by atoms with E-state index in [0.29, 0.717) is 32.1 Å². The van der Waals surface area contributed by atoms with E-state index in [1.165, 1.54) is 12.1 Å². The number of piperazine rings is 1. The SMILES string of the molecule is CCOC(=O)C1CN(CCOc2ccc(F)cc2)CCN1CCCC(C#N)(c1ccccc1)C(C)C. The van der Waals surface area contributed by atoms with E-state index in [4.69, 9.17) is 9.47 Å². The number of ether oxygens (including phenoxy) is 2. The molecular weight excluding hydrogens is 457 g/mol. The van der Waals surface area contributed by atoms with Crippen molar-refractivity contribution in [3.63, 3.8) is 0 Å². The van der Waals surface area contributed by atoms with Gasteiger partial charge in [-0.1, -0.05) is 44.2 Å². The molecule has 2 aromatic carbocycles. The van der Waals surface area contributed by atoms with E-state index in [-0.39, 0.29) is 23.7 Å². The number of benzene rings is 2. The Morgan fingerprint density at radius 3 is 2.50 bits per heavy atom. The van der Waals surface area contributed by atoms with Crippen molar-refractivity contribution in [3.05, 3.63) is 66.0 Å². The molecule has 3 rings (SSSR count). The molecule has 0 bridgehead atoms. The molecule has 0 saturated carbocycles. The van der Waals surface area contributed by atoms with Gasteiger partial charge >= 0.3 is 5.97 Å². The molecular formula is C29H38FN3O3. The zero-order valence-corrected chi connectivity index (χ0v) is 21.7. The predicted octanol–water partition coefficient (Wildman–Crippen LogP) is 4.65. The summed E-state index contributed by atoms with van der Waals surface area (Å²) in [6.45, 7) is 10.3. The van der Waals surface area contributed by atoms with Crippen molar-refractivity contribution in [1.29, 1.82) is 5.26 Å². The largest absolute Gasteiger partial charge is 0.492 e. The number of rotatable bonds is 12. The second-order valence-corrected chi connectivity index (χ2v) is 9.61. The van der Waals surface area contributed by atoms with Crippen LogP contribution in [0.15, 0.2) is 54.6 Å². The number of carbonyl (C=O) groups excluding carboxylic acids is 1. The minimum absolute atomic E-state index is 0.170. The Hall–Kier alpha value is -2.95. The summed E-state index contributed by atoms with van der Waals surface area (Å²) in [4.78, 5) is 17.2. The van der Waals surface area contributed by atoms with E-state index >= 15 is 0 Å². The fourth-order valence-electron chi connectivity index (χ4n) is 4.95. The Labute approximate surface area is 214 Å². The van der Waals surface area contributed by atoms with Gasteiger partial charge in [-0.05, 0) is 62.1 Å². The highest BCUT2D eigenvalue weighted by molar-refractivity contribution is 5.76. The van der Waals surface area contributed by atoms with Gasteiger partial charge in [-0.25, -0.2) is 4.39 Å². The van der Waals surface area contributed by atoms with Crippen LogP contribution in [-0.2, 0) is 14.9 Å². The number of carbonyl (C=O) groups is 1. The van der Waals surface area contributed by atoms with Crippen LogP contribution in [0, 0.1) is 23.1 Å². The molecule has 194 valence electrons. The normalized spacial score (nSPS) is 18.4. The highest BCUT2D eigenvalue weighted by Gasteiger charge is 2.37. The summed E-state index contributed by atoms with van der Waals surface area (Å²) in [7, 11) is 0. The lowest BCUT2D eigenvalue weighted by Crippen LogP contribution is -2.57. The number of halogens is 1. The fraction of sp³-hybridized carbons (Fsp3) is 0.517. The second kappa shape index (κ2) is 13.4. The summed E-state index contributed by atoms with van der Waals surface area (Å²) in [6, 6.07) is 18.3. The number of nitriles is 1. The maximum Gasteiger partial charge on any atom is 0.324 e. The van der Waals surface area contributed by atoms with Crippen molar-refractivity contribution in [2.24, 2.45) is 5.92 Å². The van der Waals surface area contributed by atoms with E-state index in [2.05, 4.69) is 29.7 Å². The molecule has 0 spiro atoms. The van der Waals surface area contributed by atoms with Crippen LogP contribution in [-0.4, -0.2) is 67.7 Å². The van der Waals surface area contributed by atoms with Gasteiger partial charge in [-0.15, -0.1) is 0 Å². The van der Waals surface area contributed by atoms with Crippen LogP contribution in [0.4, 0.5) is 4.39 Å². The van der Waals surface area contributed by atoms with Crippen LogP contribution in [0.1, 0.15) is 39.2 Å². The van der Waals surface area contributed by atoms with E-state index in [0.717, 1.165) is 38.0 Å². The maximum atomic E-state index is 13.1. The van der Waals surface area contributed by atoms with E-state index < -0.39 is 5.41 Å². The summed E-state index contributed by atoms with van der Waals surface area (Å²) >= 11 is 0. The number of hydrogen-bond donors (Lipinski definition) is 0. The Morgan fingerprint density at radius 1 is 1.14 bits per heavy atom. The molecule has 0 N–H and O–H groups in total. The molecule has 36 heavy (non-hydrogen) atoms. The molecule has 1 aliphatic heterocycles. The fourth-order valence-corrected chi connectivity index (χ4v) is 4.95. The zero-order valence-electron chi connectivity index (χ0n) is 21.7. The van der Waals surface area contributed by atoms with Gasteiger partial charge in [0.05, 0.1) is 18.1 Å². The molecule has 2 atom stereocenters. The van der Waals surface area contributed by atoms with Crippen molar-refractivity contribution in [2.45, 2.75) is 45.1 Å². The van der Waals surface area contributed by atoms with Gasteiger partial charge in [0.2, 0.25) is 0 Å². The third-order valence-electron chi connectivity index (χ3n) is 7.11. The highest BCUT2D eigenvalue weighted by atomic mass is 19.1. The lowest BCUT2D eigenvalue weighted by molar-refractivity contribution is -0.152. The predicted molar refractivity (Wildman–Crippen MR) is 138 cm³/mol. The van der Waals surface area contributed by atoms with Gasteiger partial charge < -0.3 is 9.47 Å². The monoisotopic (exact) mass is 495 g/mol. The van der Waals surface area contributed by atoms with Gasteiger partial charge in [0.25, 0.3) is 0 Å². The molecule has 0 aromatic heterocycles. The number of esters is 1. The minimum Gasteiger partial charge on any atom is -0.492 e. The molecule has 6 nitrogen and oxygen atoms in total.